The van der Waals surface area contributed by atoms with E-state index < -0.39 is 10.8 Å². The molecule has 0 fully saturated rings. The number of aromatic nitrogens is 2. The SMILES string of the molecule is CCOc1ccc(CNc2nc(S(C)=O)ncc2CC)cc1C. The average Bonchev–Trinajstić information content (AvgIpc) is 2.55. The Kier molecular flexibility index (Phi) is 6.10. The Hall–Kier alpha value is -1.95. The summed E-state index contributed by atoms with van der Waals surface area (Å²) in [5, 5.41) is 3.68. The van der Waals surface area contributed by atoms with E-state index in [0.29, 0.717) is 18.3 Å². The Morgan fingerprint density at radius 3 is 2.70 bits per heavy atom. The van der Waals surface area contributed by atoms with Gasteiger partial charge in [0.05, 0.1) is 17.4 Å². The molecule has 0 radical (unpaired) electrons. The van der Waals surface area contributed by atoms with Gasteiger partial charge < -0.3 is 10.1 Å². The predicted molar refractivity (Wildman–Crippen MR) is 93.4 cm³/mol. The van der Waals surface area contributed by atoms with Crippen molar-refractivity contribution in [3.63, 3.8) is 0 Å². The maximum Gasteiger partial charge on any atom is 0.220 e. The zero-order chi connectivity index (χ0) is 16.8. The van der Waals surface area contributed by atoms with Crippen molar-refractivity contribution in [3.8, 4) is 5.75 Å². The third-order valence-electron chi connectivity index (χ3n) is 3.48. The van der Waals surface area contributed by atoms with Crippen LogP contribution in [0, 0.1) is 6.92 Å². The first kappa shape index (κ1) is 17.4. The number of benzene rings is 1. The number of ether oxygens (including phenoxy) is 1. The smallest absolute Gasteiger partial charge is 0.220 e. The molecule has 0 bridgehead atoms. The van der Waals surface area contributed by atoms with Crippen LogP contribution in [0.4, 0.5) is 5.82 Å². The molecule has 0 saturated heterocycles. The molecule has 23 heavy (non-hydrogen) atoms. The molecule has 1 atom stereocenters. The van der Waals surface area contributed by atoms with Crippen molar-refractivity contribution in [2.75, 3.05) is 18.2 Å². The molecular weight excluding hydrogens is 310 g/mol. The number of nitrogens with zero attached hydrogens (tertiary/aromatic N) is 2. The van der Waals surface area contributed by atoms with E-state index in [1.54, 1.807) is 12.5 Å². The number of aryl methyl sites for hydroxylation is 2. The molecule has 0 spiro atoms. The number of anilines is 1. The summed E-state index contributed by atoms with van der Waals surface area (Å²) >= 11 is 0. The van der Waals surface area contributed by atoms with E-state index in [1.807, 2.05) is 32.9 Å². The van der Waals surface area contributed by atoms with Gasteiger partial charge in [0.25, 0.3) is 0 Å². The maximum absolute atomic E-state index is 11.6. The summed E-state index contributed by atoms with van der Waals surface area (Å²) in [7, 11) is -1.19. The van der Waals surface area contributed by atoms with Crippen LogP contribution in [0.2, 0.25) is 0 Å². The summed E-state index contributed by atoms with van der Waals surface area (Å²) in [6.07, 6.45) is 4.15. The molecule has 2 rings (SSSR count). The van der Waals surface area contributed by atoms with Crippen LogP contribution in [0.25, 0.3) is 0 Å². The third kappa shape index (κ3) is 4.51. The van der Waals surface area contributed by atoms with Crippen LogP contribution in [-0.4, -0.2) is 27.0 Å². The van der Waals surface area contributed by atoms with Gasteiger partial charge in [-0.2, -0.15) is 0 Å². The minimum Gasteiger partial charge on any atom is -0.494 e. The predicted octanol–water partition coefficient (Wildman–Crippen LogP) is 3.10. The Labute approximate surface area is 140 Å². The van der Waals surface area contributed by atoms with Crippen LogP contribution in [0.5, 0.6) is 5.75 Å². The fraction of sp³-hybridized carbons (Fsp3) is 0.412. The molecular formula is C17H23N3O2S. The lowest BCUT2D eigenvalue weighted by Gasteiger charge is -2.12. The molecule has 1 aromatic carbocycles. The fourth-order valence-corrected chi connectivity index (χ4v) is 2.69. The zero-order valence-corrected chi connectivity index (χ0v) is 14.9. The Morgan fingerprint density at radius 1 is 1.30 bits per heavy atom. The molecule has 1 aromatic heterocycles. The Morgan fingerprint density at radius 2 is 2.09 bits per heavy atom. The quantitative estimate of drug-likeness (QED) is 0.789. The number of rotatable bonds is 7. The van der Waals surface area contributed by atoms with Gasteiger partial charge in [-0.05, 0) is 37.5 Å². The van der Waals surface area contributed by atoms with Crippen LogP contribution in [-0.2, 0) is 23.8 Å². The second-order valence-electron chi connectivity index (χ2n) is 5.22. The minimum atomic E-state index is -1.19. The second kappa shape index (κ2) is 8.06. The third-order valence-corrected chi connectivity index (χ3v) is 4.19. The highest BCUT2D eigenvalue weighted by Gasteiger charge is 2.09. The van der Waals surface area contributed by atoms with Gasteiger partial charge in [-0.25, -0.2) is 9.97 Å². The minimum absolute atomic E-state index is 0.354. The molecule has 1 unspecified atom stereocenters. The van der Waals surface area contributed by atoms with Crippen molar-refractivity contribution in [2.24, 2.45) is 0 Å². The van der Waals surface area contributed by atoms with Gasteiger partial charge in [-0.15, -0.1) is 0 Å². The fourth-order valence-electron chi connectivity index (χ4n) is 2.27. The molecule has 0 aliphatic carbocycles. The summed E-state index contributed by atoms with van der Waals surface area (Å²) in [5.74, 6) is 1.66. The van der Waals surface area contributed by atoms with Crippen LogP contribution in [0.1, 0.15) is 30.5 Å². The van der Waals surface area contributed by atoms with Gasteiger partial charge in [-0.1, -0.05) is 19.1 Å². The highest BCUT2D eigenvalue weighted by atomic mass is 32.2. The molecule has 0 aliphatic rings. The van der Waals surface area contributed by atoms with Gasteiger partial charge in [0.1, 0.15) is 11.6 Å². The van der Waals surface area contributed by atoms with Crippen LogP contribution >= 0.6 is 0 Å². The molecule has 1 heterocycles. The normalized spacial score (nSPS) is 12.0. The van der Waals surface area contributed by atoms with Crippen LogP contribution in [0.15, 0.2) is 29.6 Å². The standard InChI is InChI=1S/C17H23N3O2S/c1-5-14-11-19-17(23(4)21)20-16(14)18-10-13-7-8-15(22-6-2)12(3)9-13/h7-9,11H,5-6,10H2,1-4H3,(H,18,19,20). The van der Waals surface area contributed by atoms with Crippen molar-refractivity contribution in [3.05, 3.63) is 41.1 Å². The van der Waals surface area contributed by atoms with Gasteiger partial charge in [-0.3, -0.25) is 4.21 Å². The van der Waals surface area contributed by atoms with E-state index in [4.69, 9.17) is 4.74 Å². The van der Waals surface area contributed by atoms with Crippen molar-refractivity contribution >= 4 is 16.6 Å². The van der Waals surface area contributed by atoms with Gasteiger partial charge >= 0.3 is 0 Å². The Balaban J connectivity index is 2.15. The maximum atomic E-state index is 11.6. The molecule has 0 amide bonds. The highest BCUT2D eigenvalue weighted by molar-refractivity contribution is 7.84. The van der Waals surface area contributed by atoms with E-state index in [9.17, 15) is 4.21 Å². The number of nitrogens with one attached hydrogen (secondary N) is 1. The molecule has 0 aliphatic heterocycles. The summed E-state index contributed by atoms with van der Waals surface area (Å²) in [6.45, 7) is 7.37. The summed E-state index contributed by atoms with van der Waals surface area (Å²) < 4.78 is 17.1. The number of hydrogen-bond donors (Lipinski definition) is 1. The molecule has 2 aromatic rings. The van der Waals surface area contributed by atoms with E-state index in [-0.39, 0.29) is 0 Å². The lowest BCUT2D eigenvalue weighted by atomic mass is 10.1. The monoisotopic (exact) mass is 333 g/mol. The number of hydrogen-bond acceptors (Lipinski definition) is 5. The van der Waals surface area contributed by atoms with Crippen molar-refractivity contribution < 1.29 is 8.95 Å². The average molecular weight is 333 g/mol. The summed E-state index contributed by atoms with van der Waals surface area (Å²) in [4.78, 5) is 8.52. The van der Waals surface area contributed by atoms with Gasteiger partial charge in [0, 0.05) is 24.6 Å². The molecule has 124 valence electrons. The first-order valence-electron chi connectivity index (χ1n) is 7.70. The van der Waals surface area contributed by atoms with Gasteiger partial charge in [0.2, 0.25) is 5.16 Å². The highest BCUT2D eigenvalue weighted by Crippen LogP contribution is 2.20. The molecule has 0 saturated carbocycles. The van der Waals surface area contributed by atoms with Crippen molar-refractivity contribution in [1.82, 2.24) is 9.97 Å². The molecule has 1 N–H and O–H groups in total. The second-order valence-corrected chi connectivity index (χ2v) is 6.49. The first-order chi connectivity index (χ1) is 11.0. The lowest BCUT2D eigenvalue weighted by molar-refractivity contribution is 0.338. The van der Waals surface area contributed by atoms with Crippen molar-refractivity contribution in [2.45, 2.75) is 38.9 Å². The topological polar surface area (TPSA) is 64.1 Å². The van der Waals surface area contributed by atoms with E-state index in [0.717, 1.165) is 34.7 Å². The van der Waals surface area contributed by atoms with E-state index in [2.05, 4.69) is 21.4 Å². The largest absolute Gasteiger partial charge is 0.494 e. The van der Waals surface area contributed by atoms with E-state index in [1.165, 1.54) is 0 Å². The molecule has 6 heteroatoms. The summed E-state index contributed by atoms with van der Waals surface area (Å²) in [6, 6.07) is 6.13. The molecule has 5 nitrogen and oxygen atoms in total. The zero-order valence-electron chi connectivity index (χ0n) is 14.0. The first-order valence-corrected chi connectivity index (χ1v) is 9.26. The van der Waals surface area contributed by atoms with Crippen LogP contribution in [0.3, 0.4) is 0 Å². The Bertz CT molecular complexity index is 704. The van der Waals surface area contributed by atoms with E-state index >= 15 is 0 Å². The van der Waals surface area contributed by atoms with Crippen LogP contribution < -0.4 is 10.1 Å². The van der Waals surface area contributed by atoms with Gasteiger partial charge in [0.15, 0.2) is 0 Å². The lowest BCUT2D eigenvalue weighted by Crippen LogP contribution is -2.08. The van der Waals surface area contributed by atoms with Crippen molar-refractivity contribution in [1.29, 1.82) is 0 Å². The summed E-state index contributed by atoms with van der Waals surface area (Å²) in [5.41, 5.74) is 3.27.